The summed E-state index contributed by atoms with van der Waals surface area (Å²) in [6.07, 6.45) is -3.63. The Bertz CT molecular complexity index is 289. The van der Waals surface area contributed by atoms with Crippen molar-refractivity contribution in [1.29, 1.82) is 0 Å². The quantitative estimate of drug-likeness (QED) is 0.305. The predicted molar refractivity (Wildman–Crippen MR) is 68.1 cm³/mol. The predicted octanol–water partition coefficient (Wildman–Crippen LogP) is -1.76. The first-order valence-electron chi connectivity index (χ1n) is 5.72. The molecule has 0 bridgehead atoms. The van der Waals surface area contributed by atoms with E-state index in [1.165, 1.54) is 6.92 Å². The highest BCUT2D eigenvalue weighted by atomic mass is 32.2. The number of thioether (sulfide) groups is 1. The van der Waals surface area contributed by atoms with Crippen LogP contribution in [0.1, 0.15) is 13.3 Å². The Morgan fingerprint density at radius 2 is 2.22 bits per heavy atom. The fourth-order valence-corrected chi connectivity index (χ4v) is 2.59. The first kappa shape index (κ1) is 15.7. The van der Waals surface area contributed by atoms with Crippen molar-refractivity contribution >= 4 is 16.9 Å². The summed E-state index contributed by atoms with van der Waals surface area (Å²) >= 11 is 1.10. The molecule has 18 heavy (non-hydrogen) atoms. The summed E-state index contributed by atoms with van der Waals surface area (Å²) in [5.74, 6) is 0. The van der Waals surface area contributed by atoms with Crippen molar-refractivity contribution in [3.63, 3.8) is 0 Å². The van der Waals surface area contributed by atoms with E-state index < -0.39 is 29.9 Å². The van der Waals surface area contributed by atoms with Gasteiger partial charge >= 0.3 is 0 Å². The van der Waals surface area contributed by atoms with Gasteiger partial charge in [-0.2, -0.15) is 0 Å². The molecule has 5 atom stereocenters. The Morgan fingerprint density at radius 3 is 2.78 bits per heavy atom. The number of hydrogen-bond acceptors (Lipinski definition) is 7. The molecule has 0 aliphatic carbocycles. The molecule has 0 aromatic rings. The maximum atomic E-state index is 9.68. The van der Waals surface area contributed by atoms with Gasteiger partial charge in [-0.1, -0.05) is 11.8 Å². The van der Waals surface area contributed by atoms with Crippen molar-refractivity contribution < 1.29 is 25.2 Å². The lowest BCUT2D eigenvalue weighted by Crippen LogP contribution is -2.52. The molecule has 7 nitrogen and oxygen atoms in total. The highest BCUT2D eigenvalue weighted by molar-refractivity contribution is 8.14. The van der Waals surface area contributed by atoms with Crippen LogP contribution in [0.5, 0.6) is 0 Å². The first-order valence-corrected chi connectivity index (χ1v) is 6.60. The Hall–Kier alpha value is -0.380. The van der Waals surface area contributed by atoms with Gasteiger partial charge in [0.1, 0.15) is 17.6 Å². The molecule has 106 valence electrons. The molecule has 0 amide bonds. The zero-order chi connectivity index (χ0) is 13.7. The monoisotopic (exact) mass is 280 g/mol. The van der Waals surface area contributed by atoms with Gasteiger partial charge in [-0.05, 0) is 6.92 Å². The van der Waals surface area contributed by atoms with Gasteiger partial charge in [0.25, 0.3) is 0 Å². The second-order valence-corrected chi connectivity index (χ2v) is 5.31. The average Bonchev–Trinajstić information content (AvgIpc) is 2.30. The van der Waals surface area contributed by atoms with E-state index in [9.17, 15) is 15.3 Å². The van der Waals surface area contributed by atoms with E-state index in [2.05, 4.69) is 4.99 Å². The number of aliphatic hydroxyl groups excluding tert-OH is 4. The molecule has 1 fully saturated rings. The number of nitrogens with two attached hydrogens (primary N) is 1. The summed E-state index contributed by atoms with van der Waals surface area (Å²) in [7, 11) is 0. The molecule has 3 unspecified atom stereocenters. The molecule has 0 spiro atoms. The maximum absolute atomic E-state index is 9.68. The zero-order valence-corrected chi connectivity index (χ0v) is 11.0. The van der Waals surface area contributed by atoms with Crippen LogP contribution in [0.3, 0.4) is 0 Å². The van der Waals surface area contributed by atoms with Gasteiger partial charge in [0.2, 0.25) is 0 Å². The van der Waals surface area contributed by atoms with E-state index in [0.29, 0.717) is 0 Å². The summed E-state index contributed by atoms with van der Waals surface area (Å²) in [5, 5.41) is 37.6. The summed E-state index contributed by atoms with van der Waals surface area (Å²) in [6.45, 7) is 1.60. The normalized spacial score (nSPS) is 35.5. The van der Waals surface area contributed by atoms with Crippen molar-refractivity contribution in [3.8, 4) is 0 Å². The molecular weight excluding hydrogens is 260 g/mol. The molecule has 1 heterocycles. The largest absolute Gasteiger partial charge is 0.394 e. The topological polar surface area (TPSA) is 129 Å². The van der Waals surface area contributed by atoms with Crippen LogP contribution in [0.25, 0.3) is 0 Å². The third-order valence-corrected chi connectivity index (χ3v) is 3.51. The number of rotatable bonds is 4. The number of aliphatic hydroxyl groups is 4. The Morgan fingerprint density at radius 1 is 1.56 bits per heavy atom. The molecule has 1 aliphatic rings. The second kappa shape index (κ2) is 7.27. The lowest BCUT2D eigenvalue weighted by Gasteiger charge is -2.38. The van der Waals surface area contributed by atoms with Gasteiger partial charge in [-0.25, -0.2) is 0 Å². The summed E-state index contributed by atoms with van der Waals surface area (Å²) in [4.78, 5) is 3.87. The van der Waals surface area contributed by atoms with E-state index in [1.54, 1.807) is 0 Å². The summed E-state index contributed by atoms with van der Waals surface area (Å²) in [5.41, 5.74) is 5.13. The van der Waals surface area contributed by atoms with Crippen molar-refractivity contribution in [3.05, 3.63) is 0 Å². The van der Waals surface area contributed by atoms with Crippen molar-refractivity contribution in [2.45, 2.75) is 43.2 Å². The molecule has 1 rings (SSSR count). The molecular formula is C10H20N2O5S. The fraction of sp³-hybridized carbons (Fsp3) is 0.900. The Kier molecular flexibility index (Phi) is 6.33. The molecule has 0 saturated carbocycles. The number of hydrogen-bond donors (Lipinski definition) is 5. The van der Waals surface area contributed by atoms with Gasteiger partial charge < -0.3 is 30.9 Å². The SMILES string of the molecule is CC(O)C1O[C@H](SC(N)=NCCO)CC(O)[C@@H]1O. The highest BCUT2D eigenvalue weighted by Crippen LogP contribution is 2.29. The van der Waals surface area contributed by atoms with Gasteiger partial charge in [0.05, 0.1) is 25.4 Å². The molecule has 0 aromatic heterocycles. The minimum Gasteiger partial charge on any atom is -0.394 e. The Labute approximate surface area is 110 Å². The van der Waals surface area contributed by atoms with Gasteiger partial charge in [0.15, 0.2) is 5.17 Å². The van der Waals surface area contributed by atoms with Crippen LogP contribution in [0.4, 0.5) is 0 Å². The molecule has 8 heteroatoms. The molecule has 1 saturated heterocycles. The van der Waals surface area contributed by atoms with E-state index in [4.69, 9.17) is 15.6 Å². The van der Waals surface area contributed by atoms with Crippen molar-refractivity contribution in [2.24, 2.45) is 10.7 Å². The lowest BCUT2D eigenvalue weighted by atomic mass is 9.99. The van der Waals surface area contributed by atoms with Crippen LogP contribution < -0.4 is 5.73 Å². The fourth-order valence-electron chi connectivity index (χ4n) is 1.67. The average molecular weight is 280 g/mol. The lowest BCUT2D eigenvalue weighted by molar-refractivity contribution is -0.175. The number of aliphatic imine (C=N–C) groups is 1. The van der Waals surface area contributed by atoms with Crippen LogP contribution in [0.2, 0.25) is 0 Å². The Balaban J connectivity index is 2.57. The van der Waals surface area contributed by atoms with Crippen molar-refractivity contribution in [2.75, 3.05) is 13.2 Å². The first-order chi connectivity index (χ1) is 8.45. The number of ether oxygens (including phenoxy) is 1. The third kappa shape index (κ3) is 4.38. The third-order valence-electron chi connectivity index (χ3n) is 2.57. The van der Waals surface area contributed by atoms with Crippen LogP contribution in [-0.2, 0) is 4.74 Å². The van der Waals surface area contributed by atoms with E-state index >= 15 is 0 Å². The summed E-state index contributed by atoms with van der Waals surface area (Å²) in [6, 6.07) is 0. The van der Waals surface area contributed by atoms with E-state index in [-0.39, 0.29) is 24.7 Å². The zero-order valence-electron chi connectivity index (χ0n) is 10.1. The summed E-state index contributed by atoms with van der Waals surface area (Å²) < 4.78 is 5.46. The molecule has 0 radical (unpaired) electrons. The van der Waals surface area contributed by atoms with Gasteiger partial charge in [-0.3, -0.25) is 4.99 Å². The highest BCUT2D eigenvalue weighted by Gasteiger charge is 2.39. The maximum Gasteiger partial charge on any atom is 0.156 e. The van der Waals surface area contributed by atoms with Gasteiger partial charge in [0, 0.05) is 6.42 Å². The number of amidine groups is 1. The van der Waals surface area contributed by atoms with Crippen LogP contribution in [0, 0.1) is 0 Å². The second-order valence-electron chi connectivity index (χ2n) is 4.13. The van der Waals surface area contributed by atoms with Crippen LogP contribution >= 0.6 is 11.8 Å². The number of nitrogens with zero attached hydrogens (tertiary/aromatic N) is 1. The van der Waals surface area contributed by atoms with E-state index in [1.807, 2.05) is 0 Å². The van der Waals surface area contributed by atoms with E-state index in [0.717, 1.165) is 11.8 Å². The molecule has 6 N–H and O–H groups in total. The minimum atomic E-state index is -1.11. The van der Waals surface area contributed by atoms with Crippen LogP contribution in [-0.4, -0.2) is 68.6 Å². The van der Waals surface area contributed by atoms with Crippen LogP contribution in [0.15, 0.2) is 4.99 Å². The smallest absolute Gasteiger partial charge is 0.156 e. The van der Waals surface area contributed by atoms with Crippen molar-refractivity contribution in [1.82, 2.24) is 0 Å². The molecule has 0 aromatic carbocycles. The molecule has 1 aliphatic heterocycles. The standard InChI is InChI=1S/C10H20N2O5S/c1-5(14)9-8(16)6(15)4-7(17-9)18-10(11)12-2-3-13/h5-9,13-16H,2-4H2,1H3,(H2,11,12)/t5?,6?,7-,8+,9?/m1/s1. The minimum absolute atomic E-state index is 0.0928. The van der Waals surface area contributed by atoms with Gasteiger partial charge in [-0.15, -0.1) is 0 Å².